The Labute approximate surface area is 120 Å². The van der Waals surface area contributed by atoms with Crippen molar-refractivity contribution in [2.24, 2.45) is 0 Å². The molecule has 0 atom stereocenters. The molecular formula is C16H6F6. The summed E-state index contributed by atoms with van der Waals surface area (Å²) in [5.41, 5.74) is -1.58. The first kappa shape index (κ1) is 14.4. The molecule has 0 aliphatic heterocycles. The van der Waals surface area contributed by atoms with Gasteiger partial charge in [-0.05, 0) is 23.1 Å². The molecule has 22 heavy (non-hydrogen) atoms. The van der Waals surface area contributed by atoms with Gasteiger partial charge in [0.1, 0.15) is 5.82 Å². The Morgan fingerprint density at radius 2 is 1.14 bits per heavy atom. The van der Waals surface area contributed by atoms with Crippen LogP contribution in [0.3, 0.4) is 0 Å². The molecule has 0 N–H and O–H groups in total. The van der Waals surface area contributed by atoms with Gasteiger partial charge in [-0.1, -0.05) is 24.3 Å². The van der Waals surface area contributed by atoms with E-state index in [0.717, 1.165) is 12.1 Å². The van der Waals surface area contributed by atoms with E-state index in [1.165, 1.54) is 12.1 Å². The van der Waals surface area contributed by atoms with E-state index >= 15 is 0 Å². The Bertz CT molecular complexity index is 872. The van der Waals surface area contributed by atoms with Gasteiger partial charge in [-0.15, -0.1) is 0 Å². The molecular weight excluding hydrogens is 306 g/mol. The van der Waals surface area contributed by atoms with E-state index in [9.17, 15) is 26.3 Å². The third kappa shape index (κ3) is 2.03. The van der Waals surface area contributed by atoms with Crippen molar-refractivity contribution in [3.63, 3.8) is 0 Å². The molecule has 0 saturated carbocycles. The summed E-state index contributed by atoms with van der Waals surface area (Å²) in [6, 6.07) is 7.92. The van der Waals surface area contributed by atoms with Crippen LogP contribution in [-0.2, 0) is 0 Å². The maximum Gasteiger partial charge on any atom is 0.200 e. The first-order valence-corrected chi connectivity index (χ1v) is 6.12. The molecule has 0 aliphatic rings. The Kier molecular flexibility index (Phi) is 3.31. The van der Waals surface area contributed by atoms with Crippen molar-refractivity contribution in [3.05, 3.63) is 71.3 Å². The monoisotopic (exact) mass is 312 g/mol. The normalized spacial score (nSPS) is 11.2. The highest BCUT2D eigenvalue weighted by atomic mass is 19.2. The van der Waals surface area contributed by atoms with Crippen molar-refractivity contribution < 1.29 is 26.3 Å². The highest BCUT2D eigenvalue weighted by molar-refractivity contribution is 5.88. The summed E-state index contributed by atoms with van der Waals surface area (Å²) >= 11 is 0. The molecule has 0 bridgehead atoms. The summed E-state index contributed by atoms with van der Waals surface area (Å²) in [4.78, 5) is 0. The number of hydrogen-bond donors (Lipinski definition) is 0. The summed E-state index contributed by atoms with van der Waals surface area (Å²) in [6.07, 6.45) is 0. The average molecular weight is 312 g/mol. The van der Waals surface area contributed by atoms with E-state index in [0.29, 0.717) is 0 Å². The standard InChI is InChI=1S/C16H6F6/c17-10-6-8(5-7-3-1-2-4-9(7)10)11-12(18)14(20)16(22)15(21)13(11)19/h1-6H. The lowest BCUT2D eigenvalue weighted by atomic mass is 9.99. The molecule has 3 rings (SSSR count). The zero-order valence-electron chi connectivity index (χ0n) is 10.7. The van der Waals surface area contributed by atoms with Crippen molar-refractivity contribution in [3.8, 4) is 11.1 Å². The number of rotatable bonds is 1. The van der Waals surface area contributed by atoms with Crippen LogP contribution in [0.5, 0.6) is 0 Å². The average Bonchev–Trinajstić information content (AvgIpc) is 2.51. The van der Waals surface area contributed by atoms with Gasteiger partial charge in [0.05, 0.1) is 5.56 Å². The maximum absolute atomic E-state index is 14.0. The van der Waals surface area contributed by atoms with E-state index in [4.69, 9.17) is 0 Å². The van der Waals surface area contributed by atoms with Gasteiger partial charge in [-0.3, -0.25) is 0 Å². The third-order valence-corrected chi connectivity index (χ3v) is 3.31. The second-order valence-corrected chi connectivity index (χ2v) is 4.62. The maximum atomic E-state index is 14.0. The summed E-state index contributed by atoms with van der Waals surface area (Å²) in [5.74, 6) is -11.2. The first-order chi connectivity index (χ1) is 10.4. The Morgan fingerprint density at radius 3 is 1.77 bits per heavy atom. The van der Waals surface area contributed by atoms with Crippen LogP contribution in [0.25, 0.3) is 21.9 Å². The number of benzene rings is 3. The second-order valence-electron chi connectivity index (χ2n) is 4.62. The summed E-state index contributed by atoms with van der Waals surface area (Å²) in [5, 5.41) is 0.455. The molecule has 0 aliphatic carbocycles. The van der Waals surface area contributed by atoms with Gasteiger partial charge in [0.15, 0.2) is 23.3 Å². The largest absolute Gasteiger partial charge is 0.206 e. The van der Waals surface area contributed by atoms with E-state index in [1.54, 1.807) is 12.1 Å². The number of halogens is 6. The van der Waals surface area contributed by atoms with Gasteiger partial charge >= 0.3 is 0 Å². The van der Waals surface area contributed by atoms with Crippen LogP contribution in [0.1, 0.15) is 0 Å². The van der Waals surface area contributed by atoms with Crippen LogP contribution in [0, 0.1) is 34.9 Å². The molecule has 0 aromatic heterocycles. The zero-order chi connectivity index (χ0) is 16.0. The van der Waals surface area contributed by atoms with Gasteiger partial charge in [0, 0.05) is 5.39 Å². The lowest BCUT2D eigenvalue weighted by molar-refractivity contribution is 0.381. The fourth-order valence-electron chi connectivity index (χ4n) is 2.27. The molecule has 0 heterocycles. The minimum Gasteiger partial charge on any atom is -0.206 e. The number of fused-ring (bicyclic) bond motifs is 1. The summed E-state index contributed by atoms with van der Waals surface area (Å²) in [7, 11) is 0. The number of hydrogen-bond acceptors (Lipinski definition) is 0. The topological polar surface area (TPSA) is 0 Å². The van der Waals surface area contributed by atoms with Gasteiger partial charge < -0.3 is 0 Å². The second kappa shape index (κ2) is 5.05. The van der Waals surface area contributed by atoms with E-state index < -0.39 is 46.0 Å². The molecule has 3 aromatic carbocycles. The Balaban J connectivity index is 2.38. The molecule has 0 radical (unpaired) electrons. The van der Waals surface area contributed by atoms with E-state index in [2.05, 4.69) is 0 Å². The zero-order valence-corrected chi connectivity index (χ0v) is 10.7. The lowest BCUT2D eigenvalue weighted by Crippen LogP contribution is -2.04. The molecule has 0 fully saturated rings. The van der Waals surface area contributed by atoms with Gasteiger partial charge in [-0.2, -0.15) is 0 Å². The molecule has 0 saturated heterocycles. The first-order valence-electron chi connectivity index (χ1n) is 6.12. The van der Waals surface area contributed by atoms with Crippen molar-refractivity contribution >= 4 is 10.8 Å². The SMILES string of the molecule is Fc1c(F)c(F)c(-c2cc(F)c3ccccc3c2)c(F)c1F. The van der Waals surface area contributed by atoms with Crippen molar-refractivity contribution in [2.45, 2.75) is 0 Å². The van der Waals surface area contributed by atoms with Crippen molar-refractivity contribution in [1.29, 1.82) is 0 Å². The van der Waals surface area contributed by atoms with Gasteiger partial charge in [0.2, 0.25) is 5.82 Å². The summed E-state index contributed by atoms with van der Waals surface area (Å²) in [6.45, 7) is 0. The Hall–Kier alpha value is -2.50. The Morgan fingerprint density at radius 1 is 0.591 bits per heavy atom. The molecule has 0 spiro atoms. The summed E-state index contributed by atoms with van der Waals surface area (Å²) < 4.78 is 81.1. The van der Waals surface area contributed by atoms with Crippen LogP contribution >= 0.6 is 0 Å². The van der Waals surface area contributed by atoms with Gasteiger partial charge in [0.25, 0.3) is 0 Å². The van der Waals surface area contributed by atoms with Crippen LogP contribution < -0.4 is 0 Å². The third-order valence-electron chi connectivity index (χ3n) is 3.31. The highest BCUT2D eigenvalue weighted by Gasteiger charge is 2.27. The quantitative estimate of drug-likeness (QED) is 0.323. The van der Waals surface area contributed by atoms with Crippen LogP contribution in [0.2, 0.25) is 0 Å². The predicted molar refractivity (Wildman–Crippen MR) is 69.1 cm³/mol. The minimum absolute atomic E-state index is 0.176. The fourth-order valence-corrected chi connectivity index (χ4v) is 2.27. The van der Waals surface area contributed by atoms with Gasteiger partial charge in [-0.25, -0.2) is 26.3 Å². The molecule has 0 amide bonds. The van der Waals surface area contributed by atoms with Crippen LogP contribution in [0.4, 0.5) is 26.3 Å². The molecule has 112 valence electrons. The van der Waals surface area contributed by atoms with Crippen molar-refractivity contribution in [2.75, 3.05) is 0 Å². The minimum atomic E-state index is -2.25. The molecule has 6 heteroatoms. The van der Waals surface area contributed by atoms with Crippen LogP contribution in [-0.4, -0.2) is 0 Å². The van der Waals surface area contributed by atoms with E-state index in [1.807, 2.05) is 0 Å². The van der Waals surface area contributed by atoms with Crippen molar-refractivity contribution in [1.82, 2.24) is 0 Å². The van der Waals surface area contributed by atoms with Crippen LogP contribution in [0.15, 0.2) is 36.4 Å². The predicted octanol–water partition coefficient (Wildman–Crippen LogP) is 5.34. The smallest absolute Gasteiger partial charge is 0.200 e. The highest BCUT2D eigenvalue weighted by Crippen LogP contribution is 2.34. The lowest BCUT2D eigenvalue weighted by Gasteiger charge is -2.10. The molecule has 0 unspecified atom stereocenters. The molecule has 0 nitrogen and oxygen atoms in total. The van der Waals surface area contributed by atoms with E-state index in [-0.39, 0.29) is 10.8 Å². The fraction of sp³-hybridized carbons (Fsp3) is 0. The molecule has 3 aromatic rings.